The molecule has 0 aliphatic carbocycles. The molecule has 21 heavy (non-hydrogen) atoms. The molecule has 3 rings (SSSR count). The maximum absolute atomic E-state index is 12.8. The van der Waals surface area contributed by atoms with Crippen LogP contribution in [0.3, 0.4) is 0 Å². The van der Waals surface area contributed by atoms with Gasteiger partial charge in [-0.15, -0.1) is 0 Å². The van der Waals surface area contributed by atoms with Gasteiger partial charge >= 0.3 is 0 Å². The minimum atomic E-state index is 0.108. The van der Waals surface area contributed by atoms with Crippen LogP contribution in [0.25, 0.3) is 0 Å². The number of hydrogen-bond acceptors (Lipinski definition) is 4. The fourth-order valence-corrected chi connectivity index (χ4v) is 3.45. The molecule has 2 atom stereocenters. The van der Waals surface area contributed by atoms with E-state index in [-0.39, 0.29) is 11.7 Å². The lowest BCUT2D eigenvalue weighted by molar-refractivity contribution is -0.0702. The number of ether oxygens (including phenoxy) is 2. The van der Waals surface area contributed by atoms with Gasteiger partial charge in [-0.05, 0) is 38.9 Å². The monoisotopic (exact) mass is 289 g/mol. The van der Waals surface area contributed by atoms with E-state index in [2.05, 4.69) is 11.9 Å². The SMILES string of the molecule is CCOc1cccc(C(=O)C2CC3COCC(C2)N3C)c1. The Morgan fingerprint density at radius 3 is 2.71 bits per heavy atom. The molecule has 2 aliphatic rings. The standard InChI is InChI=1S/C17H23NO3/c1-3-21-16-6-4-5-12(9-16)17(19)13-7-14-10-20-11-15(8-13)18(14)2/h4-6,9,13-15H,3,7-8,10-11H2,1-2H3. The molecular formula is C17H23NO3. The Morgan fingerprint density at radius 2 is 2.05 bits per heavy atom. The minimum absolute atomic E-state index is 0.108. The number of likely N-dealkylation sites (N-methyl/N-ethyl adjacent to an activating group) is 1. The lowest BCUT2D eigenvalue weighted by Gasteiger charge is -2.46. The Balaban J connectivity index is 1.75. The van der Waals surface area contributed by atoms with Crippen LogP contribution >= 0.6 is 0 Å². The number of carbonyl (C=O) groups excluding carboxylic acids is 1. The number of piperidine rings is 1. The van der Waals surface area contributed by atoms with E-state index in [1.807, 2.05) is 31.2 Å². The summed E-state index contributed by atoms with van der Waals surface area (Å²) in [7, 11) is 2.15. The fraction of sp³-hybridized carbons (Fsp3) is 0.588. The van der Waals surface area contributed by atoms with E-state index in [0.717, 1.165) is 37.4 Å². The molecule has 4 heteroatoms. The highest BCUT2D eigenvalue weighted by atomic mass is 16.5. The predicted octanol–water partition coefficient (Wildman–Crippen LogP) is 2.38. The third kappa shape index (κ3) is 2.97. The molecule has 0 aromatic heterocycles. The molecule has 2 bridgehead atoms. The van der Waals surface area contributed by atoms with Crippen LogP contribution in [0.4, 0.5) is 0 Å². The first-order valence-corrected chi connectivity index (χ1v) is 7.75. The maximum atomic E-state index is 12.8. The van der Waals surface area contributed by atoms with Gasteiger partial charge in [-0.25, -0.2) is 0 Å². The van der Waals surface area contributed by atoms with Gasteiger partial charge in [0.25, 0.3) is 0 Å². The van der Waals surface area contributed by atoms with Gasteiger partial charge in [0.05, 0.1) is 19.8 Å². The zero-order chi connectivity index (χ0) is 14.8. The number of Topliss-reactive ketones (excluding diaryl/α,β-unsaturated/α-hetero) is 1. The number of morpholine rings is 1. The van der Waals surface area contributed by atoms with Crippen LogP contribution in [0.2, 0.25) is 0 Å². The van der Waals surface area contributed by atoms with Crippen LogP contribution in [0.5, 0.6) is 5.75 Å². The van der Waals surface area contributed by atoms with Gasteiger partial charge in [-0.3, -0.25) is 9.69 Å². The molecule has 1 aromatic carbocycles. The number of hydrogen-bond donors (Lipinski definition) is 0. The van der Waals surface area contributed by atoms with Crippen molar-refractivity contribution in [1.29, 1.82) is 0 Å². The lowest BCUT2D eigenvalue weighted by Crippen LogP contribution is -2.55. The number of nitrogens with zero attached hydrogens (tertiary/aromatic N) is 1. The first-order chi connectivity index (χ1) is 10.2. The molecule has 0 saturated carbocycles. The van der Waals surface area contributed by atoms with Gasteiger partial charge in [0.1, 0.15) is 5.75 Å². The summed E-state index contributed by atoms with van der Waals surface area (Å²) >= 11 is 0. The highest BCUT2D eigenvalue weighted by Crippen LogP contribution is 2.32. The zero-order valence-corrected chi connectivity index (χ0v) is 12.7. The van der Waals surface area contributed by atoms with Gasteiger partial charge in [-0.2, -0.15) is 0 Å². The second-order valence-electron chi connectivity index (χ2n) is 6.00. The smallest absolute Gasteiger partial charge is 0.166 e. The normalized spacial score (nSPS) is 29.1. The van der Waals surface area contributed by atoms with Gasteiger partial charge in [0, 0.05) is 23.6 Å². The predicted molar refractivity (Wildman–Crippen MR) is 80.8 cm³/mol. The van der Waals surface area contributed by atoms with Crippen molar-refractivity contribution in [3.63, 3.8) is 0 Å². The van der Waals surface area contributed by atoms with Gasteiger partial charge in [-0.1, -0.05) is 12.1 Å². The van der Waals surface area contributed by atoms with Crippen LogP contribution < -0.4 is 4.74 Å². The molecule has 4 nitrogen and oxygen atoms in total. The van der Waals surface area contributed by atoms with E-state index in [0.29, 0.717) is 18.7 Å². The Labute approximate surface area is 126 Å². The molecule has 1 aromatic rings. The van der Waals surface area contributed by atoms with Crippen molar-refractivity contribution < 1.29 is 14.3 Å². The Morgan fingerprint density at radius 1 is 1.33 bits per heavy atom. The molecule has 2 fully saturated rings. The molecule has 2 saturated heterocycles. The van der Waals surface area contributed by atoms with Crippen molar-refractivity contribution in [2.24, 2.45) is 5.92 Å². The molecule has 2 aliphatic heterocycles. The van der Waals surface area contributed by atoms with E-state index in [1.54, 1.807) is 0 Å². The summed E-state index contributed by atoms with van der Waals surface area (Å²) in [4.78, 5) is 15.2. The second-order valence-corrected chi connectivity index (χ2v) is 6.00. The zero-order valence-electron chi connectivity index (χ0n) is 12.7. The van der Waals surface area contributed by atoms with E-state index >= 15 is 0 Å². The van der Waals surface area contributed by atoms with E-state index in [4.69, 9.17) is 9.47 Å². The third-order valence-corrected chi connectivity index (χ3v) is 4.69. The lowest BCUT2D eigenvalue weighted by atomic mass is 9.81. The second kappa shape index (κ2) is 6.16. The molecule has 2 unspecified atom stereocenters. The molecule has 0 amide bonds. The number of ketones is 1. The van der Waals surface area contributed by atoms with Crippen molar-refractivity contribution >= 4 is 5.78 Å². The fourth-order valence-electron chi connectivity index (χ4n) is 3.45. The van der Waals surface area contributed by atoms with E-state index in [9.17, 15) is 4.79 Å². The highest BCUT2D eigenvalue weighted by molar-refractivity contribution is 5.98. The van der Waals surface area contributed by atoms with Crippen molar-refractivity contribution in [2.45, 2.75) is 31.8 Å². The summed E-state index contributed by atoms with van der Waals surface area (Å²) in [5, 5.41) is 0. The first-order valence-electron chi connectivity index (χ1n) is 7.75. The average molecular weight is 289 g/mol. The summed E-state index contributed by atoms with van der Waals surface area (Å²) < 4.78 is 11.1. The maximum Gasteiger partial charge on any atom is 0.166 e. The van der Waals surface area contributed by atoms with Gasteiger partial charge < -0.3 is 9.47 Å². The van der Waals surface area contributed by atoms with Crippen LogP contribution in [-0.4, -0.2) is 49.6 Å². The Hall–Kier alpha value is -1.39. The summed E-state index contributed by atoms with van der Waals surface area (Å²) in [6.07, 6.45) is 1.79. The van der Waals surface area contributed by atoms with Gasteiger partial charge in [0.2, 0.25) is 0 Å². The number of carbonyl (C=O) groups is 1. The van der Waals surface area contributed by atoms with E-state index < -0.39 is 0 Å². The van der Waals surface area contributed by atoms with Crippen LogP contribution in [0.1, 0.15) is 30.1 Å². The summed E-state index contributed by atoms with van der Waals surface area (Å²) in [6.45, 7) is 4.06. The molecule has 114 valence electrons. The highest BCUT2D eigenvalue weighted by Gasteiger charge is 2.39. The largest absolute Gasteiger partial charge is 0.494 e. The topological polar surface area (TPSA) is 38.8 Å². The van der Waals surface area contributed by atoms with Crippen molar-refractivity contribution in [3.8, 4) is 5.75 Å². The van der Waals surface area contributed by atoms with E-state index in [1.165, 1.54) is 0 Å². The summed E-state index contributed by atoms with van der Waals surface area (Å²) in [5.74, 6) is 1.14. The molecular weight excluding hydrogens is 266 g/mol. The van der Waals surface area contributed by atoms with Crippen molar-refractivity contribution in [1.82, 2.24) is 4.90 Å². The quantitative estimate of drug-likeness (QED) is 0.798. The number of rotatable bonds is 4. The van der Waals surface area contributed by atoms with Crippen molar-refractivity contribution in [2.75, 3.05) is 26.9 Å². The van der Waals surface area contributed by atoms with Gasteiger partial charge in [0.15, 0.2) is 5.78 Å². The minimum Gasteiger partial charge on any atom is -0.494 e. The Kier molecular flexibility index (Phi) is 4.27. The van der Waals surface area contributed by atoms with Crippen molar-refractivity contribution in [3.05, 3.63) is 29.8 Å². The number of benzene rings is 1. The van der Waals surface area contributed by atoms with Crippen LogP contribution in [0.15, 0.2) is 24.3 Å². The number of fused-ring (bicyclic) bond motifs is 2. The third-order valence-electron chi connectivity index (χ3n) is 4.69. The molecule has 0 radical (unpaired) electrons. The molecule has 0 spiro atoms. The average Bonchev–Trinajstić information content (AvgIpc) is 2.47. The first kappa shape index (κ1) is 14.5. The Bertz CT molecular complexity index is 503. The summed E-state index contributed by atoms with van der Waals surface area (Å²) in [6, 6.07) is 8.32. The molecule has 2 heterocycles. The van der Waals surface area contributed by atoms with Crippen LogP contribution in [-0.2, 0) is 4.74 Å². The molecule has 0 N–H and O–H groups in total. The van der Waals surface area contributed by atoms with Crippen LogP contribution in [0, 0.1) is 5.92 Å². The summed E-state index contributed by atoms with van der Waals surface area (Å²) in [5.41, 5.74) is 0.773.